The number of pyridine rings is 1. The van der Waals surface area contributed by atoms with Crippen LogP contribution in [-0.4, -0.2) is 41.4 Å². The highest BCUT2D eigenvalue weighted by Crippen LogP contribution is 2.28. The Labute approximate surface area is 134 Å². The van der Waals surface area contributed by atoms with Crippen LogP contribution in [-0.2, 0) is 4.74 Å². The Morgan fingerprint density at radius 1 is 1.22 bits per heavy atom. The van der Waals surface area contributed by atoms with Gasteiger partial charge in [0, 0.05) is 13.1 Å². The van der Waals surface area contributed by atoms with Crippen molar-refractivity contribution in [1.29, 1.82) is 0 Å². The number of aromatic nitrogens is 3. The quantitative estimate of drug-likeness (QED) is 0.743. The van der Waals surface area contributed by atoms with E-state index >= 15 is 0 Å². The topological polar surface area (TPSA) is 51.9 Å². The Hall–Kier alpha value is -2.60. The summed E-state index contributed by atoms with van der Waals surface area (Å²) in [5.41, 5.74) is 1.98. The van der Waals surface area contributed by atoms with Crippen molar-refractivity contribution in [1.82, 2.24) is 14.6 Å². The third-order valence-electron chi connectivity index (χ3n) is 4.17. The van der Waals surface area contributed by atoms with Crippen LogP contribution in [0, 0.1) is 0 Å². The van der Waals surface area contributed by atoms with Crippen molar-refractivity contribution >= 4 is 11.5 Å². The Bertz CT molecular complexity index is 817. The fourth-order valence-corrected chi connectivity index (χ4v) is 2.99. The molecule has 0 spiro atoms. The van der Waals surface area contributed by atoms with E-state index in [-0.39, 0.29) is 6.10 Å². The Morgan fingerprint density at radius 2 is 2.13 bits per heavy atom. The molecule has 6 nitrogen and oxygen atoms in total. The molecular formula is C17H18N4O2. The number of benzene rings is 1. The van der Waals surface area contributed by atoms with Gasteiger partial charge >= 0.3 is 0 Å². The first-order valence-corrected chi connectivity index (χ1v) is 7.64. The van der Waals surface area contributed by atoms with Crippen molar-refractivity contribution in [3.8, 4) is 5.75 Å². The standard InChI is InChI=1S/C17H18N4O2/c1-22-14-5-2-4-13(10-14)15-11-20(8-9-23-15)17-7-3-6-16-19-18-12-21(16)17/h2-7,10,12,15H,8-9,11H2,1H3. The largest absolute Gasteiger partial charge is 0.497 e. The van der Waals surface area contributed by atoms with E-state index in [1.54, 1.807) is 13.4 Å². The summed E-state index contributed by atoms with van der Waals surface area (Å²) in [4.78, 5) is 2.31. The Morgan fingerprint density at radius 3 is 3.04 bits per heavy atom. The van der Waals surface area contributed by atoms with Crippen molar-refractivity contribution in [3.63, 3.8) is 0 Å². The molecule has 23 heavy (non-hydrogen) atoms. The van der Waals surface area contributed by atoms with Gasteiger partial charge in [-0.25, -0.2) is 0 Å². The average molecular weight is 310 g/mol. The molecule has 0 bridgehead atoms. The summed E-state index contributed by atoms with van der Waals surface area (Å²) in [6.07, 6.45) is 1.77. The van der Waals surface area contributed by atoms with Crippen molar-refractivity contribution in [2.45, 2.75) is 6.10 Å². The monoisotopic (exact) mass is 310 g/mol. The molecule has 118 valence electrons. The lowest BCUT2D eigenvalue weighted by molar-refractivity contribution is 0.0393. The van der Waals surface area contributed by atoms with Gasteiger partial charge in [0.2, 0.25) is 0 Å². The predicted octanol–water partition coefficient (Wildman–Crippen LogP) is 2.32. The number of hydrogen-bond donors (Lipinski definition) is 0. The smallest absolute Gasteiger partial charge is 0.162 e. The van der Waals surface area contributed by atoms with Crippen LogP contribution in [0.2, 0.25) is 0 Å². The third kappa shape index (κ3) is 2.61. The van der Waals surface area contributed by atoms with Crippen LogP contribution in [0.15, 0.2) is 48.8 Å². The van der Waals surface area contributed by atoms with E-state index in [4.69, 9.17) is 9.47 Å². The minimum absolute atomic E-state index is 0.0191. The third-order valence-corrected chi connectivity index (χ3v) is 4.17. The van der Waals surface area contributed by atoms with Gasteiger partial charge in [0.15, 0.2) is 5.65 Å². The van der Waals surface area contributed by atoms with Gasteiger partial charge in [-0.2, -0.15) is 0 Å². The van der Waals surface area contributed by atoms with Crippen LogP contribution in [0.5, 0.6) is 5.75 Å². The molecule has 1 fully saturated rings. The summed E-state index contributed by atoms with van der Waals surface area (Å²) in [7, 11) is 1.68. The number of anilines is 1. The summed E-state index contributed by atoms with van der Waals surface area (Å²) in [6.45, 7) is 2.31. The summed E-state index contributed by atoms with van der Waals surface area (Å²) >= 11 is 0. The van der Waals surface area contributed by atoms with Crippen LogP contribution in [0.4, 0.5) is 5.82 Å². The van der Waals surface area contributed by atoms with E-state index in [1.165, 1.54) is 0 Å². The van der Waals surface area contributed by atoms with Gasteiger partial charge in [-0.1, -0.05) is 18.2 Å². The highest BCUT2D eigenvalue weighted by molar-refractivity contribution is 5.51. The minimum Gasteiger partial charge on any atom is -0.497 e. The molecule has 0 aliphatic carbocycles. The van der Waals surface area contributed by atoms with Gasteiger partial charge in [-0.05, 0) is 29.8 Å². The van der Waals surface area contributed by atoms with E-state index in [0.29, 0.717) is 6.61 Å². The molecule has 1 saturated heterocycles. The molecule has 2 aromatic heterocycles. The molecule has 1 aromatic carbocycles. The van der Waals surface area contributed by atoms with Crippen molar-refractivity contribution in [3.05, 3.63) is 54.4 Å². The van der Waals surface area contributed by atoms with Crippen LogP contribution in [0.1, 0.15) is 11.7 Å². The fraction of sp³-hybridized carbons (Fsp3) is 0.294. The van der Waals surface area contributed by atoms with Gasteiger partial charge in [-0.3, -0.25) is 4.40 Å². The molecule has 1 unspecified atom stereocenters. The van der Waals surface area contributed by atoms with Crippen molar-refractivity contribution in [2.24, 2.45) is 0 Å². The number of morpholine rings is 1. The highest BCUT2D eigenvalue weighted by Gasteiger charge is 2.24. The molecule has 0 amide bonds. The first-order chi connectivity index (χ1) is 11.3. The molecular weight excluding hydrogens is 292 g/mol. The molecule has 0 saturated carbocycles. The van der Waals surface area contributed by atoms with E-state index in [1.807, 2.05) is 34.7 Å². The first-order valence-electron chi connectivity index (χ1n) is 7.64. The zero-order chi connectivity index (χ0) is 15.6. The maximum absolute atomic E-state index is 5.97. The molecule has 0 N–H and O–H groups in total. The normalized spacial score (nSPS) is 18.3. The van der Waals surface area contributed by atoms with Gasteiger partial charge in [0.25, 0.3) is 0 Å². The molecule has 0 radical (unpaired) electrons. The molecule has 1 aliphatic heterocycles. The van der Waals surface area contributed by atoms with Crippen LogP contribution < -0.4 is 9.64 Å². The number of ether oxygens (including phenoxy) is 2. The highest BCUT2D eigenvalue weighted by atomic mass is 16.5. The summed E-state index contributed by atoms with van der Waals surface area (Å²) in [5, 5.41) is 8.11. The summed E-state index contributed by atoms with van der Waals surface area (Å²) in [5.74, 6) is 1.94. The number of hydrogen-bond acceptors (Lipinski definition) is 5. The van der Waals surface area contributed by atoms with Crippen molar-refractivity contribution in [2.75, 3.05) is 31.7 Å². The van der Waals surface area contributed by atoms with E-state index in [2.05, 4.69) is 27.2 Å². The van der Waals surface area contributed by atoms with Crippen LogP contribution in [0.25, 0.3) is 5.65 Å². The maximum atomic E-state index is 5.97. The Balaban J connectivity index is 1.63. The molecule has 1 aliphatic rings. The lowest BCUT2D eigenvalue weighted by Gasteiger charge is -2.34. The minimum atomic E-state index is 0.0191. The summed E-state index contributed by atoms with van der Waals surface area (Å²) < 4.78 is 13.3. The summed E-state index contributed by atoms with van der Waals surface area (Å²) in [6, 6.07) is 14.1. The average Bonchev–Trinajstić information content (AvgIpc) is 3.10. The zero-order valence-corrected chi connectivity index (χ0v) is 12.9. The fourth-order valence-electron chi connectivity index (χ4n) is 2.99. The maximum Gasteiger partial charge on any atom is 0.162 e. The number of rotatable bonds is 3. The second kappa shape index (κ2) is 5.89. The van der Waals surface area contributed by atoms with Crippen molar-refractivity contribution < 1.29 is 9.47 Å². The lowest BCUT2D eigenvalue weighted by atomic mass is 10.1. The second-order valence-electron chi connectivity index (χ2n) is 5.53. The van der Waals surface area contributed by atoms with E-state index < -0.39 is 0 Å². The van der Waals surface area contributed by atoms with E-state index in [9.17, 15) is 0 Å². The number of nitrogens with zero attached hydrogens (tertiary/aromatic N) is 4. The van der Waals surface area contributed by atoms with Gasteiger partial charge in [0.1, 0.15) is 24.0 Å². The van der Waals surface area contributed by atoms with Gasteiger partial charge in [-0.15, -0.1) is 10.2 Å². The van der Waals surface area contributed by atoms with Gasteiger partial charge in [0.05, 0.1) is 13.7 Å². The zero-order valence-electron chi connectivity index (χ0n) is 12.9. The Kier molecular flexibility index (Phi) is 3.59. The number of fused-ring (bicyclic) bond motifs is 1. The second-order valence-corrected chi connectivity index (χ2v) is 5.53. The SMILES string of the molecule is COc1cccc(C2CN(c3cccc4nncn34)CCO2)c1. The molecule has 6 heteroatoms. The first kappa shape index (κ1) is 14.0. The van der Waals surface area contributed by atoms with E-state index in [0.717, 1.165) is 35.9 Å². The molecule has 3 heterocycles. The van der Waals surface area contributed by atoms with Crippen LogP contribution in [0.3, 0.4) is 0 Å². The predicted molar refractivity (Wildman–Crippen MR) is 86.9 cm³/mol. The lowest BCUT2D eigenvalue weighted by Crippen LogP contribution is -2.39. The molecule has 4 rings (SSSR count). The number of methoxy groups -OCH3 is 1. The van der Waals surface area contributed by atoms with Gasteiger partial charge < -0.3 is 14.4 Å². The van der Waals surface area contributed by atoms with Crippen LogP contribution >= 0.6 is 0 Å². The molecule has 3 aromatic rings. The molecule has 1 atom stereocenters.